The molecule has 1 aromatic carbocycles. The second-order valence-corrected chi connectivity index (χ2v) is 5.67. The molecule has 1 amide bonds. The first kappa shape index (κ1) is 13.5. The predicted octanol–water partition coefficient (Wildman–Crippen LogP) is 2.48. The summed E-state index contributed by atoms with van der Waals surface area (Å²) in [6, 6.07) is 3.42. The number of carbonyl (C=O) groups excluding carboxylic acids is 1. The smallest absolute Gasteiger partial charge is 0.260 e. The molecule has 0 bridgehead atoms. The topological polar surface area (TPSA) is 40.5 Å². The summed E-state index contributed by atoms with van der Waals surface area (Å²) < 4.78 is 27.6. The van der Waals surface area contributed by atoms with Crippen molar-refractivity contribution < 1.29 is 18.7 Å². The first-order chi connectivity index (χ1) is 9.56. The zero-order chi connectivity index (χ0) is 14.3. The third-order valence-corrected chi connectivity index (χ3v) is 4.68. The predicted molar refractivity (Wildman–Crippen MR) is 69.2 cm³/mol. The van der Waals surface area contributed by atoms with Gasteiger partial charge in [-0.05, 0) is 31.4 Å². The van der Waals surface area contributed by atoms with E-state index in [1.54, 1.807) is 0 Å². The molecule has 2 fully saturated rings. The molecular weight excluding hydrogens is 264 g/mol. The van der Waals surface area contributed by atoms with Gasteiger partial charge in [-0.3, -0.25) is 4.79 Å². The van der Waals surface area contributed by atoms with Crippen LogP contribution in [0.15, 0.2) is 18.2 Å². The average molecular weight is 281 g/mol. The highest BCUT2D eigenvalue weighted by atomic mass is 19.1. The summed E-state index contributed by atoms with van der Waals surface area (Å²) in [7, 11) is 0. The number of halogens is 2. The second-order valence-electron chi connectivity index (χ2n) is 5.67. The van der Waals surface area contributed by atoms with Crippen LogP contribution >= 0.6 is 0 Å². The average Bonchev–Trinajstić information content (AvgIpc) is 3.00. The normalized spacial score (nSPS) is 24.6. The largest absolute Gasteiger partial charge is 0.391 e. The van der Waals surface area contributed by atoms with Crippen LogP contribution in [0.5, 0.6) is 0 Å². The molecule has 108 valence electrons. The number of amides is 1. The minimum Gasteiger partial charge on any atom is -0.391 e. The molecule has 1 saturated heterocycles. The Kier molecular flexibility index (Phi) is 3.24. The molecule has 1 aliphatic heterocycles. The van der Waals surface area contributed by atoms with E-state index in [0.29, 0.717) is 25.8 Å². The van der Waals surface area contributed by atoms with Gasteiger partial charge < -0.3 is 10.0 Å². The van der Waals surface area contributed by atoms with E-state index in [4.69, 9.17) is 0 Å². The fourth-order valence-electron chi connectivity index (χ4n) is 3.65. The molecule has 5 heteroatoms. The van der Waals surface area contributed by atoms with Gasteiger partial charge in [-0.2, -0.15) is 0 Å². The summed E-state index contributed by atoms with van der Waals surface area (Å²) >= 11 is 0. The highest BCUT2D eigenvalue weighted by molar-refractivity contribution is 5.95. The number of rotatable bonds is 1. The van der Waals surface area contributed by atoms with Crippen LogP contribution in [0.25, 0.3) is 0 Å². The van der Waals surface area contributed by atoms with Crippen LogP contribution in [-0.4, -0.2) is 34.1 Å². The van der Waals surface area contributed by atoms with Gasteiger partial charge >= 0.3 is 0 Å². The first-order valence-electron chi connectivity index (χ1n) is 7.00. The Labute approximate surface area is 116 Å². The lowest BCUT2D eigenvalue weighted by molar-refractivity contribution is 0.0254. The molecule has 2 aliphatic rings. The van der Waals surface area contributed by atoms with Crippen LogP contribution in [0.1, 0.15) is 42.5 Å². The van der Waals surface area contributed by atoms with Gasteiger partial charge in [0.05, 0.1) is 11.6 Å². The molecule has 0 aromatic heterocycles. The molecule has 1 heterocycles. The van der Waals surface area contributed by atoms with Crippen LogP contribution in [-0.2, 0) is 0 Å². The fourth-order valence-corrected chi connectivity index (χ4v) is 3.65. The lowest BCUT2D eigenvalue weighted by Gasteiger charge is -2.37. The zero-order valence-corrected chi connectivity index (χ0v) is 11.1. The molecule has 1 spiro atoms. The molecule has 1 aromatic rings. The van der Waals surface area contributed by atoms with E-state index >= 15 is 0 Å². The van der Waals surface area contributed by atoms with Gasteiger partial charge in [0.2, 0.25) is 0 Å². The Hall–Kier alpha value is -1.49. The molecule has 3 rings (SSSR count). The Balaban J connectivity index is 1.98. The van der Waals surface area contributed by atoms with E-state index in [-0.39, 0.29) is 0 Å². The van der Waals surface area contributed by atoms with Gasteiger partial charge in [-0.1, -0.05) is 18.9 Å². The summed E-state index contributed by atoms with van der Waals surface area (Å²) in [5, 5.41) is 10.2. The maximum Gasteiger partial charge on any atom is 0.260 e. The Bertz CT molecular complexity index is 520. The van der Waals surface area contributed by atoms with Crippen molar-refractivity contribution in [3.63, 3.8) is 0 Å². The first-order valence-corrected chi connectivity index (χ1v) is 7.00. The number of hydrogen-bond acceptors (Lipinski definition) is 2. The lowest BCUT2D eigenvalue weighted by atomic mass is 9.91. The number of benzene rings is 1. The molecule has 3 nitrogen and oxygen atoms in total. The van der Waals surface area contributed by atoms with Crippen LogP contribution in [0.2, 0.25) is 0 Å². The zero-order valence-electron chi connectivity index (χ0n) is 11.1. The summed E-state index contributed by atoms with van der Waals surface area (Å²) in [6.07, 6.45) is 3.15. The van der Waals surface area contributed by atoms with E-state index in [1.165, 1.54) is 11.0 Å². The summed E-state index contributed by atoms with van der Waals surface area (Å²) in [5.41, 5.74) is -1.13. The van der Waals surface area contributed by atoms with Gasteiger partial charge in [-0.15, -0.1) is 0 Å². The van der Waals surface area contributed by atoms with Gasteiger partial charge in [0.25, 0.3) is 5.91 Å². The number of hydrogen-bond donors (Lipinski definition) is 1. The molecule has 1 saturated carbocycles. The minimum absolute atomic E-state index is 0.355. The van der Waals surface area contributed by atoms with Crippen molar-refractivity contribution in [2.75, 3.05) is 6.54 Å². The highest BCUT2D eigenvalue weighted by Crippen LogP contribution is 2.44. The Morgan fingerprint density at radius 2 is 1.85 bits per heavy atom. The Morgan fingerprint density at radius 1 is 1.25 bits per heavy atom. The molecule has 1 aliphatic carbocycles. The fraction of sp³-hybridized carbons (Fsp3) is 0.533. The highest BCUT2D eigenvalue weighted by Gasteiger charge is 2.52. The van der Waals surface area contributed by atoms with Crippen LogP contribution in [0.3, 0.4) is 0 Å². The molecular formula is C15H17F2NO2. The summed E-state index contributed by atoms with van der Waals surface area (Å²) in [5.74, 6) is -2.33. The van der Waals surface area contributed by atoms with E-state index in [0.717, 1.165) is 25.0 Å². The third kappa shape index (κ3) is 1.84. The maximum absolute atomic E-state index is 13.8. The van der Waals surface area contributed by atoms with Gasteiger partial charge in [0, 0.05) is 6.54 Å². The van der Waals surface area contributed by atoms with Crippen molar-refractivity contribution in [3.05, 3.63) is 35.4 Å². The lowest BCUT2D eigenvalue weighted by Crippen LogP contribution is -2.51. The standard InChI is InChI=1S/C15H17F2NO2/c16-10-4-3-5-11(17)13(10)14(20)18-9-6-12(19)15(18)7-1-2-8-15/h3-5,12,19H,1-2,6-9H2. The second kappa shape index (κ2) is 4.81. The molecule has 1 N–H and O–H groups in total. The van der Waals surface area contributed by atoms with Crippen molar-refractivity contribution in [2.24, 2.45) is 0 Å². The third-order valence-electron chi connectivity index (χ3n) is 4.68. The number of nitrogens with zero attached hydrogens (tertiary/aromatic N) is 1. The van der Waals surface area contributed by atoms with Crippen LogP contribution < -0.4 is 0 Å². The van der Waals surface area contributed by atoms with Gasteiger partial charge in [0.15, 0.2) is 0 Å². The maximum atomic E-state index is 13.8. The van der Waals surface area contributed by atoms with Crippen molar-refractivity contribution in [1.82, 2.24) is 4.90 Å². The molecule has 1 atom stereocenters. The molecule has 1 unspecified atom stereocenters. The number of aliphatic hydroxyl groups is 1. The van der Waals surface area contributed by atoms with Crippen LogP contribution in [0.4, 0.5) is 8.78 Å². The number of likely N-dealkylation sites (tertiary alicyclic amines) is 1. The number of aliphatic hydroxyl groups excluding tert-OH is 1. The number of carbonyl (C=O) groups is 1. The van der Waals surface area contributed by atoms with Crippen molar-refractivity contribution >= 4 is 5.91 Å². The monoisotopic (exact) mass is 281 g/mol. The van der Waals surface area contributed by atoms with Crippen molar-refractivity contribution in [2.45, 2.75) is 43.7 Å². The minimum atomic E-state index is -0.843. The van der Waals surface area contributed by atoms with Crippen LogP contribution in [0, 0.1) is 11.6 Å². The summed E-state index contributed by atoms with van der Waals surface area (Å²) in [6.45, 7) is 0.355. The Morgan fingerprint density at radius 3 is 2.45 bits per heavy atom. The van der Waals surface area contributed by atoms with E-state index < -0.39 is 34.7 Å². The van der Waals surface area contributed by atoms with Gasteiger partial charge in [-0.25, -0.2) is 8.78 Å². The van der Waals surface area contributed by atoms with E-state index in [1.807, 2.05) is 0 Å². The van der Waals surface area contributed by atoms with Crippen molar-refractivity contribution in [1.29, 1.82) is 0 Å². The quantitative estimate of drug-likeness (QED) is 0.859. The van der Waals surface area contributed by atoms with Gasteiger partial charge in [0.1, 0.15) is 17.2 Å². The molecule has 0 radical (unpaired) electrons. The van der Waals surface area contributed by atoms with E-state index in [2.05, 4.69) is 0 Å². The van der Waals surface area contributed by atoms with E-state index in [9.17, 15) is 18.7 Å². The van der Waals surface area contributed by atoms with Crippen molar-refractivity contribution in [3.8, 4) is 0 Å². The SMILES string of the molecule is O=C(c1c(F)cccc1F)N1CCC(O)C12CCCC2. The summed E-state index contributed by atoms with van der Waals surface area (Å²) in [4.78, 5) is 14.0. The molecule has 20 heavy (non-hydrogen) atoms.